The van der Waals surface area contributed by atoms with Gasteiger partial charge < -0.3 is 9.05 Å². The zero-order valence-corrected chi connectivity index (χ0v) is 26.3. The molecule has 11 aromatic rings. The molecule has 49 heavy (non-hydrogen) atoms. The Hall–Kier alpha value is -6.39. The van der Waals surface area contributed by atoms with Crippen molar-refractivity contribution in [3.05, 3.63) is 146 Å². The molecule has 13 rings (SSSR count). The van der Waals surface area contributed by atoms with Crippen molar-refractivity contribution >= 4 is 93.7 Å². The first-order valence-corrected chi connectivity index (χ1v) is 17.1. The molecule has 0 amide bonds. The monoisotopic (exact) mass is 617 g/mol. The third kappa shape index (κ3) is 2.77. The van der Waals surface area contributed by atoms with Crippen molar-refractivity contribution < 1.29 is 0 Å². The van der Waals surface area contributed by atoms with Crippen molar-refractivity contribution in [2.24, 2.45) is 0 Å². The van der Waals surface area contributed by atoms with Crippen LogP contribution >= 0.6 is 0 Å². The Kier molecular flexibility index (Phi) is 4.22. The van der Waals surface area contributed by atoms with Crippen molar-refractivity contribution in [1.29, 1.82) is 0 Å². The second kappa shape index (κ2) is 8.36. The van der Waals surface area contributed by atoms with Gasteiger partial charge in [-0.15, -0.1) is 0 Å². The van der Waals surface area contributed by atoms with E-state index in [-0.39, 0.29) is 6.85 Å². The molecule has 2 aliphatic rings. The highest BCUT2D eigenvalue weighted by Gasteiger charge is 2.43. The number of hydrogen-bond donors (Lipinski definition) is 0. The second-order valence-corrected chi connectivity index (χ2v) is 13.9. The van der Waals surface area contributed by atoms with Gasteiger partial charge in [-0.2, -0.15) is 0 Å². The molecular formula is C45H24BN3. The smallest absolute Gasteiger partial charge is 0.333 e. The molecule has 8 aromatic carbocycles. The maximum absolute atomic E-state index is 4.27. The zero-order chi connectivity index (χ0) is 31.5. The summed E-state index contributed by atoms with van der Waals surface area (Å²) in [5.74, 6) is 0. The second-order valence-electron chi connectivity index (χ2n) is 13.9. The number of pyridine rings is 1. The van der Waals surface area contributed by atoms with Crippen LogP contribution in [0.25, 0.3) is 104 Å². The van der Waals surface area contributed by atoms with E-state index in [1.807, 2.05) is 12.4 Å². The molecule has 0 radical (unpaired) electrons. The molecule has 0 fully saturated rings. The predicted molar refractivity (Wildman–Crippen MR) is 207 cm³/mol. The van der Waals surface area contributed by atoms with Crippen molar-refractivity contribution in [2.75, 3.05) is 0 Å². The van der Waals surface area contributed by atoms with Gasteiger partial charge in [0.2, 0.25) is 0 Å². The van der Waals surface area contributed by atoms with Gasteiger partial charge >= 0.3 is 6.85 Å². The molecule has 3 nitrogen and oxygen atoms in total. The summed E-state index contributed by atoms with van der Waals surface area (Å²) in [4.78, 5) is 4.27. The third-order valence-corrected chi connectivity index (χ3v) is 11.7. The van der Waals surface area contributed by atoms with Gasteiger partial charge in [0.25, 0.3) is 0 Å². The molecule has 4 heteroatoms. The molecule has 0 N–H and O–H groups in total. The molecule has 0 aliphatic carbocycles. The van der Waals surface area contributed by atoms with Gasteiger partial charge in [0.05, 0.1) is 16.7 Å². The highest BCUT2D eigenvalue weighted by molar-refractivity contribution is 6.90. The molecule has 0 saturated heterocycles. The van der Waals surface area contributed by atoms with Crippen LogP contribution in [0.3, 0.4) is 0 Å². The van der Waals surface area contributed by atoms with Crippen LogP contribution in [-0.4, -0.2) is 20.9 Å². The summed E-state index contributed by atoms with van der Waals surface area (Å²) >= 11 is 0. The van der Waals surface area contributed by atoms with Crippen molar-refractivity contribution in [3.8, 4) is 27.9 Å². The predicted octanol–water partition coefficient (Wildman–Crippen LogP) is 9.80. The number of nitrogens with zero attached hydrogens (tertiary/aromatic N) is 3. The molecule has 0 spiro atoms. The SMILES string of the molecule is c1ccc2c(c1)c1cccc3c1n2B1c2c-3c3ccc4cc(-c5ccncc5)cc5ccc(c2-n2c6ccccc6c6cccc1c62)c3c45. The number of aromatic nitrogens is 3. The number of para-hydroxylation sites is 4. The molecule has 0 unspecified atom stereocenters. The van der Waals surface area contributed by atoms with Gasteiger partial charge in [0, 0.05) is 61.3 Å². The standard InChI is InChI=1S/C45H24BN3/c1-3-13-37-29(7-1)32-10-6-12-36-44(32)48(37)45-35-18-16-27-24-28(25-19-21-47-22-20-25)23-26-15-17-33(40(35)39(26)27)41-34-11-5-9-31-30-8-2-4-14-38(30)49(43(31)34)46(36)42(41)45/h1-24H. The summed E-state index contributed by atoms with van der Waals surface area (Å²) in [6, 6.07) is 50.4. The summed E-state index contributed by atoms with van der Waals surface area (Å²) in [6.07, 6.45) is 3.76. The van der Waals surface area contributed by atoms with Crippen LogP contribution in [0.1, 0.15) is 0 Å². The van der Waals surface area contributed by atoms with Gasteiger partial charge in [0.1, 0.15) is 0 Å². The van der Waals surface area contributed by atoms with Crippen LogP contribution < -0.4 is 10.9 Å². The number of fused-ring (bicyclic) bond motifs is 12. The van der Waals surface area contributed by atoms with Crippen LogP contribution in [0, 0.1) is 0 Å². The molecule has 0 saturated carbocycles. The van der Waals surface area contributed by atoms with E-state index in [1.165, 1.54) is 115 Å². The van der Waals surface area contributed by atoms with E-state index < -0.39 is 0 Å². The van der Waals surface area contributed by atoms with Gasteiger partial charge in [0.15, 0.2) is 0 Å². The first kappa shape index (κ1) is 24.7. The Morgan fingerprint density at radius 1 is 0.490 bits per heavy atom. The van der Waals surface area contributed by atoms with Crippen LogP contribution in [0.5, 0.6) is 0 Å². The van der Waals surface area contributed by atoms with E-state index in [4.69, 9.17) is 0 Å². The minimum absolute atomic E-state index is 0.0445. The third-order valence-electron chi connectivity index (χ3n) is 11.7. The Bertz CT molecular complexity index is 3260. The number of benzene rings is 8. The summed E-state index contributed by atoms with van der Waals surface area (Å²) < 4.78 is 5.28. The quantitative estimate of drug-likeness (QED) is 0.133. The molecule has 0 bridgehead atoms. The Labute approximate surface area is 280 Å². The lowest BCUT2D eigenvalue weighted by Gasteiger charge is -2.36. The minimum atomic E-state index is 0.0445. The first-order valence-electron chi connectivity index (χ1n) is 17.1. The summed E-state index contributed by atoms with van der Waals surface area (Å²) in [5.41, 5.74) is 14.4. The normalized spacial score (nSPS) is 13.3. The van der Waals surface area contributed by atoms with Gasteiger partial charge in [-0.1, -0.05) is 97.1 Å². The average Bonchev–Trinajstić information content (AvgIpc) is 3.68. The van der Waals surface area contributed by atoms with Crippen LogP contribution in [-0.2, 0) is 0 Å². The average molecular weight is 618 g/mol. The fraction of sp³-hybridized carbons (Fsp3) is 0. The van der Waals surface area contributed by atoms with Gasteiger partial charge in [-0.05, 0) is 85.6 Å². The fourth-order valence-corrected chi connectivity index (χ4v) is 9.93. The molecule has 222 valence electrons. The van der Waals surface area contributed by atoms with E-state index in [9.17, 15) is 0 Å². The van der Waals surface area contributed by atoms with Gasteiger partial charge in [-0.25, -0.2) is 0 Å². The Morgan fingerprint density at radius 2 is 1.16 bits per heavy atom. The largest absolute Gasteiger partial charge is 0.375 e. The molecule has 0 atom stereocenters. The number of hydrogen-bond acceptors (Lipinski definition) is 1. The maximum atomic E-state index is 4.27. The van der Waals surface area contributed by atoms with E-state index >= 15 is 0 Å². The molecule has 3 aromatic heterocycles. The number of rotatable bonds is 1. The van der Waals surface area contributed by atoms with E-state index in [1.54, 1.807) is 0 Å². The van der Waals surface area contributed by atoms with E-state index in [0.29, 0.717) is 0 Å². The maximum Gasteiger partial charge on any atom is 0.333 e. The molecule has 2 aliphatic heterocycles. The van der Waals surface area contributed by atoms with Crippen molar-refractivity contribution in [1.82, 2.24) is 14.0 Å². The zero-order valence-electron chi connectivity index (χ0n) is 26.3. The van der Waals surface area contributed by atoms with Crippen molar-refractivity contribution in [2.45, 2.75) is 0 Å². The van der Waals surface area contributed by atoms with E-state index in [0.717, 1.165) is 0 Å². The highest BCUT2D eigenvalue weighted by Crippen LogP contribution is 2.49. The van der Waals surface area contributed by atoms with Gasteiger partial charge in [-0.3, -0.25) is 4.98 Å². The van der Waals surface area contributed by atoms with Crippen LogP contribution in [0.2, 0.25) is 0 Å². The summed E-state index contributed by atoms with van der Waals surface area (Å²) in [6.45, 7) is 0.0445. The van der Waals surface area contributed by atoms with Crippen molar-refractivity contribution in [3.63, 3.8) is 0 Å². The lowest BCUT2D eigenvalue weighted by Crippen LogP contribution is -2.55. The Morgan fingerprint density at radius 3 is 1.98 bits per heavy atom. The first-order chi connectivity index (χ1) is 24.3. The summed E-state index contributed by atoms with van der Waals surface area (Å²) in [5, 5.41) is 13.2. The van der Waals surface area contributed by atoms with Crippen LogP contribution in [0.15, 0.2) is 146 Å². The highest BCUT2D eigenvalue weighted by atomic mass is 15.0. The molecule has 5 heterocycles. The topological polar surface area (TPSA) is 22.8 Å². The van der Waals surface area contributed by atoms with Crippen LogP contribution in [0.4, 0.5) is 0 Å². The molecular weight excluding hydrogens is 593 g/mol. The minimum Gasteiger partial charge on any atom is -0.375 e. The lowest BCUT2D eigenvalue weighted by atomic mass is 9.45. The van der Waals surface area contributed by atoms with E-state index in [2.05, 4.69) is 147 Å². The fourth-order valence-electron chi connectivity index (χ4n) is 9.93. The Balaban J connectivity index is 1.31. The summed E-state index contributed by atoms with van der Waals surface area (Å²) in [7, 11) is 0. The lowest BCUT2D eigenvalue weighted by molar-refractivity contribution is 1.19.